The van der Waals surface area contributed by atoms with Gasteiger partial charge in [-0.05, 0) is 34.7 Å². The molecule has 2 nitrogen and oxygen atoms in total. The van der Waals surface area contributed by atoms with Crippen LogP contribution in [0.3, 0.4) is 0 Å². The molecule has 0 aliphatic heterocycles. The van der Waals surface area contributed by atoms with Gasteiger partial charge in [-0.25, -0.2) is 0 Å². The summed E-state index contributed by atoms with van der Waals surface area (Å²) in [5.41, 5.74) is 1.14. The van der Waals surface area contributed by atoms with Gasteiger partial charge in [0.15, 0.2) is 0 Å². The maximum atomic E-state index is 5.16. The normalized spacial score (nSPS) is 10.5. The van der Waals surface area contributed by atoms with Crippen molar-refractivity contribution in [1.82, 2.24) is 4.73 Å². The summed E-state index contributed by atoms with van der Waals surface area (Å²) in [4.78, 5) is 5.16. The Hall–Kier alpha value is -0.710. The van der Waals surface area contributed by atoms with Gasteiger partial charge in [0.1, 0.15) is 12.6 Å². The molecule has 2 aromatic rings. The summed E-state index contributed by atoms with van der Waals surface area (Å²) >= 11 is 2.30. The molecule has 0 unspecified atom stereocenters. The smallest absolute Gasteiger partial charge is 0.104 e. The third-order valence-electron chi connectivity index (χ3n) is 1.82. The number of fused-ring (bicyclic) bond motifs is 1. The summed E-state index contributed by atoms with van der Waals surface area (Å²) in [6, 6.07) is 8.23. The summed E-state index contributed by atoms with van der Waals surface area (Å²) in [5, 5.41) is 1.21. The number of rotatable bonds is 1. The summed E-state index contributed by atoms with van der Waals surface area (Å²) in [6.07, 6.45) is 1.92. The van der Waals surface area contributed by atoms with Gasteiger partial charge in [0.05, 0.1) is 0 Å². The molecule has 0 aliphatic rings. The van der Waals surface area contributed by atoms with E-state index in [-0.39, 0.29) is 0 Å². The Morgan fingerprint density at radius 2 is 2.17 bits per heavy atom. The van der Waals surface area contributed by atoms with E-state index in [2.05, 4.69) is 34.7 Å². The van der Waals surface area contributed by atoms with Crippen molar-refractivity contribution in [1.29, 1.82) is 0 Å². The molecule has 0 atom stereocenters. The second-order valence-electron chi connectivity index (χ2n) is 2.50. The van der Waals surface area contributed by atoms with Crippen molar-refractivity contribution in [3.05, 3.63) is 34.0 Å². The number of hydrogen-bond donors (Lipinski definition) is 0. The summed E-state index contributed by atoms with van der Waals surface area (Å²) in [7, 11) is 1.67. The van der Waals surface area contributed by atoms with Crippen LogP contribution in [-0.4, -0.2) is 11.8 Å². The van der Waals surface area contributed by atoms with Gasteiger partial charge in [-0.15, -0.1) is 0 Å². The largest absolute Gasteiger partial charge is 0.417 e. The van der Waals surface area contributed by atoms with Crippen molar-refractivity contribution in [3.8, 4) is 0 Å². The van der Waals surface area contributed by atoms with Gasteiger partial charge in [-0.2, -0.15) is 4.73 Å². The van der Waals surface area contributed by atoms with Crippen LogP contribution in [0.1, 0.15) is 0 Å². The molecule has 62 valence electrons. The molecule has 0 fully saturated rings. The molecule has 0 saturated heterocycles. The molecule has 0 saturated carbocycles. The average Bonchev–Trinajstić information content (AvgIpc) is 2.49. The molecular formula is C9H8INO. The number of aromatic nitrogens is 1. The van der Waals surface area contributed by atoms with Gasteiger partial charge >= 0.3 is 0 Å². The van der Waals surface area contributed by atoms with Crippen LogP contribution in [0.5, 0.6) is 0 Å². The van der Waals surface area contributed by atoms with Gasteiger partial charge in [-0.1, -0.05) is 12.1 Å². The first-order valence-corrected chi connectivity index (χ1v) is 4.71. The molecule has 0 spiro atoms. The molecule has 2 rings (SSSR count). The minimum atomic E-state index is 1.14. The van der Waals surface area contributed by atoms with Crippen LogP contribution >= 0.6 is 22.6 Å². The van der Waals surface area contributed by atoms with E-state index in [0.29, 0.717) is 0 Å². The summed E-state index contributed by atoms with van der Waals surface area (Å²) in [6.45, 7) is 0. The van der Waals surface area contributed by atoms with E-state index in [4.69, 9.17) is 4.84 Å². The number of para-hydroxylation sites is 1. The number of hydrogen-bond acceptors (Lipinski definition) is 1. The van der Waals surface area contributed by atoms with E-state index < -0.39 is 0 Å². The first-order valence-electron chi connectivity index (χ1n) is 3.63. The Morgan fingerprint density at radius 3 is 2.92 bits per heavy atom. The average molecular weight is 273 g/mol. The molecule has 1 aromatic carbocycles. The predicted octanol–water partition coefficient (Wildman–Crippen LogP) is 2.30. The third-order valence-corrected chi connectivity index (χ3v) is 2.70. The Morgan fingerprint density at radius 1 is 1.33 bits per heavy atom. The Kier molecular flexibility index (Phi) is 1.96. The van der Waals surface area contributed by atoms with Gasteiger partial charge in [-0.3, -0.25) is 0 Å². The molecule has 0 N–H and O–H groups in total. The molecule has 1 aromatic heterocycles. The maximum absolute atomic E-state index is 5.16. The molecule has 0 aliphatic carbocycles. The van der Waals surface area contributed by atoms with Gasteiger partial charge in [0.2, 0.25) is 0 Å². The second kappa shape index (κ2) is 2.97. The fourth-order valence-electron chi connectivity index (χ4n) is 1.27. The summed E-state index contributed by atoms with van der Waals surface area (Å²) < 4.78 is 2.98. The van der Waals surface area contributed by atoms with Crippen molar-refractivity contribution in [2.45, 2.75) is 0 Å². The van der Waals surface area contributed by atoms with E-state index in [1.807, 2.05) is 18.3 Å². The van der Waals surface area contributed by atoms with E-state index in [9.17, 15) is 0 Å². The topological polar surface area (TPSA) is 14.2 Å². The zero-order chi connectivity index (χ0) is 8.55. The zero-order valence-electron chi connectivity index (χ0n) is 6.62. The first-order chi connectivity index (χ1) is 5.83. The quantitative estimate of drug-likeness (QED) is 0.727. The fraction of sp³-hybridized carbons (Fsp3) is 0.111. The monoisotopic (exact) mass is 273 g/mol. The molecule has 12 heavy (non-hydrogen) atoms. The van der Waals surface area contributed by atoms with Crippen LogP contribution in [0.25, 0.3) is 10.9 Å². The highest BCUT2D eigenvalue weighted by molar-refractivity contribution is 14.1. The number of benzene rings is 1. The van der Waals surface area contributed by atoms with Crippen molar-refractivity contribution >= 4 is 33.5 Å². The lowest BCUT2D eigenvalue weighted by Gasteiger charge is -2.02. The van der Waals surface area contributed by atoms with Crippen LogP contribution < -0.4 is 4.84 Å². The van der Waals surface area contributed by atoms with Crippen molar-refractivity contribution in [3.63, 3.8) is 0 Å². The van der Waals surface area contributed by atoms with E-state index >= 15 is 0 Å². The maximum Gasteiger partial charge on any atom is 0.104 e. The first kappa shape index (κ1) is 7.91. The van der Waals surface area contributed by atoms with Crippen molar-refractivity contribution < 1.29 is 4.84 Å². The molecular weight excluding hydrogens is 265 g/mol. The lowest BCUT2D eigenvalue weighted by molar-refractivity contribution is 0.179. The molecule has 1 heterocycles. The van der Waals surface area contributed by atoms with Crippen LogP contribution in [0.15, 0.2) is 30.5 Å². The Balaban J connectivity index is 2.83. The zero-order valence-corrected chi connectivity index (χ0v) is 8.78. The van der Waals surface area contributed by atoms with Crippen LogP contribution in [-0.2, 0) is 0 Å². The van der Waals surface area contributed by atoms with Crippen molar-refractivity contribution in [2.24, 2.45) is 0 Å². The highest BCUT2D eigenvalue weighted by atomic mass is 127. The number of nitrogens with zero attached hydrogens (tertiary/aromatic N) is 1. The van der Waals surface area contributed by atoms with Gasteiger partial charge < -0.3 is 4.84 Å². The van der Waals surface area contributed by atoms with Gasteiger partial charge in [0.25, 0.3) is 0 Å². The predicted molar refractivity (Wildman–Crippen MR) is 57.2 cm³/mol. The standard InChI is InChI=1S/C9H8INO/c1-12-11-6-5-7-3-2-4-8(10)9(7)11/h2-6H,1H3. The molecule has 0 amide bonds. The molecule has 3 heteroatoms. The van der Waals surface area contributed by atoms with Crippen molar-refractivity contribution in [2.75, 3.05) is 7.11 Å². The second-order valence-corrected chi connectivity index (χ2v) is 3.66. The molecule has 0 bridgehead atoms. The summed E-state index contributed by atoms with van der Waals surface area (Å²) in [5.74, 6) is 0. The van der Waals surface area contributed by atoms with Crippen LogP contribution in [0, 0.1) is 3.57 Å². The lowest BCUT2D eigenvalue weighted by Crippen LogP contribution is -2.03. The van der Waals surface area contributed by atoms with Crippen LogP contribution in [0.2, 0.25) is 0 Å². The van der Waals surface area contributed by atoms with Gasteiger partial charge in [0, 0.05) is 15.2 Å². The Bertz CT molecular complexity index is 408. The number of halogens is 1. The minimum absolute atomic E-state index is 1.14. The Labute approximate surface area is 84.2 Å². The van der Waals surface area contributed by atoms with Crippen LogP contribution in [0.4, 0.5) is 0 Å². The van der Waals surface area contributed by atoms with E-state index in [0.717, 1.165) is 5.52 Å². The minimum Gasteiger partial charge on any atom is -0.417 e. The van der Waals surface area contributed by atoms with E-state index in [1.165, 1.54) is 8.96 Å². The fourth-order valence-corrected chi connectivity index (χ4v) is 2.03. The lowest BCUT2D eigenvalue weighted by atomic mass is 10.3. The highest BCUT2D eigenvalue weighted by Crippen LogP contribution is 2.20. The van der Waals surface area contributed by atoms with E-state index in [1.54, 1.807) is 11.8 Å². The third kappa shape index (κ3) is 1.08. The SMILES string of the molecule is COn1ccc2cccc(I)c21. The highest BCUT2D eigenvalue weighted by Gasteiger charge is 2.02. The molecule has 0 radical (unpaired) electrons.